The Labute approximate surface area is 106 Å². The Kier molecular flexibility index (Phi) is 4.45. The zero-order chi connectivity index (χ0) is 12.3. The van der Waals surface area contributed by atoms with Crippen molar-refractivity contribution in [3.63, 3.8) is 0 Å². The van der Waals surface area contributed by atoms with E-state index in [1.165, 1.54) is 38.5 Å². The molecule has 2 aliphatic rings. The van der Waals surface area contributed by atoms with E-state index in [0.29, 0.717) is 12.1 Å². The van der Waals surface area contributed by atoms with Gasteiger partial charge in [0.05, 0.1) is 5.60 Å². The lowest BCUT2D eigenvalue weighted by atomic mass is 9.87. The van der Waals surface area contributed by atoms with Crippen molar-refractivity contribution in [1.82, 2.24) is 4.90 Å². The molecule has 2 unspecified atom stereocenters. The van der Waals surface area contributed by atoms with Gasteiger partial charge in [0.25, 0.3) is 0 Å². The normalized spacial score (nSPS) is 30.0. The molecule has 1 saturated carbocycles. The summed E-state index contributed by atoms with van der Waals surface area (Å²) in [6.45, 7) is 4.04. The van der Waals surface area contributed by atoms with Crippen LogP contribution in [0.5, 0.6) is 0 Å². The van der Waals surface area contributed by atoms with Crippen molar-refractivity contribution in [3.05, 3.63) is 0 Å². The molecular weight excluding hydrogens is 212 g/mol. The van der Waals surface area contributed by atoms with Crippen molar-refractivity contribution in [3.8, 4) is 0 Å². The third-order valence-corrected chi connectivity index (χ3v) is 4.84. The molecule has 0 radical (unpaired) electrons. The molecule has 2 N–H and O–H groups in total. The summed E-state index contributed by atoms with van der Waals surface area (Å²) in [6.07, 6.45) is 8.79. The number of rotatable bonds is 4. The van der Waals surface area contributed by atoms with Gasteiger partial charge in [0.2, 0.25) is 0 Å². The Bertz CT molecular complexity index is 238. The highest BCUT2D eigenvalue weighted by Crippen LogP contribution is 2.41. The number of hydrogen-bond donors (Lipinski definition) is 1. The van der Waals surface area contributed by atoms with Crippen molar-refractivity contribution in [2.45, 2.75) is 69.6 Å². The summed E-state index contributed by atoms with van der Waals surface area (Å²) in [7, 11) is 2.26. The number of nitrogens with two attached hydrogens (primary N) is 1. The largest absolute Gasteiger partial charge is 0.375 e. The van der Waals surface area contributed by atoms with E-state index in [1.807, 2.05) is 0 Å². The minimum Gasteiger partial charge on any atom is -0.375 e. The summed E-state index contributed by atoms with van der Waals surface area (Å²) in [5.74, 6) is 0. The topological polar surface area (TPSA) is 38.5 Å². The molecule has 0 amide bonds. The molecule has 1 saturated heterocycles. The smallest absolute Gasteiger partial charge is 0.0697 e. The lowest BCUT2D eigenvalue weighted by Gasteiger charge is -2.43. The second-order valence-corrected chi connectivity index (χ2v) is 5.98. The fraction of sp³-hybridized carbons (Fsp3) is 1.00. The first-order valence-corrected chi connectivity index (χ1v) is 7.23. The van der Waals surface area contributed by atoms with Crippen LogP contribution in [0, 0.1) is 0 Å². The Morgan fingerprint density at radius 3 is 2.76 bits per heavy atom. The average molecular weight is 240 g/mol. The first-order valence-electron chi connectivity index (χ1n) is 7.23. The van der Waals surface area contributed by atoms with Gasteiger partial charge in [-0.15, -0.1) is 0 Å². The van der Waals surface area contributed by atoms with Crippen LogP contribution in [-0.4, -0.2) is 42.8 Å². The first kappa shape index (κ1) is 13.3. The van der Waals surface area contributed by atoms with Crippen LogP contribution in [0.15, 0.2) is 0 Å². The predicted octanol–water partition coefficient (Wildman–Crippen LogP) is 2.15. The maximum Gasteiger partial charge on any atom is 0.0697 e. The molecule has 2 fully saturated rings. The second-order valence-electron chi connectivity index (χ2n) is 5.98. The van der Waals surface area contributed by atoms with E-state index in [0.717, 1.165) is 19.6 Å². The van der Waals surface area contributed by atoms with Gasteiger partial charge < -0.3 is 15.4 Å². The van der Waals surface area contributed by atoms with E-state index in [1.54, 1.807) is 0 Å². The molecule has 17 heavy (non-hydrogen) atoms. The van der Waals surface area contributed by atoms with Crippen LogP contribution < -0.4 is 5.73 Å². The highest BCUT2D eigenvalue weighted by atomic mass is 16.5. The van der Waals surface area contributed by atoms with Crippen molar-refractivity contribution in [1.29, 1.82) is 0 Å². The van der Waals surface area contributed by atoms with Crippen molar-refractivity contribution < 1.29 is 4.74 Å². The minimum absolute atomic E-state index is 0.236. The van der Waals surface area contributed by atoms with E-state index >= 15 is 0 Å². The van der Waals surface area contributed by atoms with Crippen LogP contribution in [0.1, 0.15) is 51.9 Å². The van der Waals surface area contributed by atoms with Gasteiger partial charge in [0.15, 0.2) is 0 Å². The van der Waals surface area contributed by atoms with Gasteiger partial charge in [0.1, 0.15) is 0 Å². The number of nitrogens with zero attached hydrogens (tertiary/aromatic N) is 1. The Morgan fingerprint density at radius 1 is 1.41 bits per heavy atom. The molecule has 1 aliphatic heterocycles. The van der Waals surface area contributed by atoms with E-state index in [-0.39, 0.29) is 5.60 Å². The van der Waals surface area contributed by atoms with Gasteiger partial charge in [-0.3, -0.25) is 0 Å². The molecule has 3 heteroatoms. The van der Waals surface area contributed by atoms with E-state index in [4.69, 9.17) is 10.5 Å². The molecule has 1 aliphatic carbocycles. The summed E-state index contributed by atoms with van der Waals surface area (Å²) in [5, 5.41) is 0. The fourth-order valence-corrected chi connectivity index (χ4v) is 3.52. The molecule has 2 rings (SSSR count). The van der Waals surface area contributed by atoms with Crippen molar-refractivity contribution in [2.75, 3.05) is 20.2 Å². The summed E-state index contributed by atoms with van der Waals surface area (Å²) < 4.78 is 6.10. The van der Waals surface area contributed by atoms with Gasteiger partial charge in [0, 0.05) is 18.7 Å². The van der Waals surface area contributed by atoms with Crippen molar-refractivity contribution in [2.24, 2.45) is 5.73 Å². The third kappa shape index (κ3) is 3.01. The maximum atomic E-state index is 6.10. The summed E-state index contributed by atoms with van der Waals surface area (Å²) in [5.41, 5.74) is 5.90. The number of ether oxygens (including phenoxy) is 1. The summed E-state index contributed by atoms with van der Waals surface area (Å²) in [6, 6.07) is 1.30. The molecule has 0 aromatic heterocycles. The third-order valence-electron chi connectivity index (χ3n) is 4.84. The van der Waals surface area contributed by atoms with Crippen LogP contribution in [0.3, 0.4) is 0 Å². The molecular formula is C14H28N2O. The molecule has 100 valence electrons. The molecule has 0 aromatic carbocycles. The molecule has 3 nitrogen and oxygen atoms in total. The minimum atomic E-state index is 0.236. The van der Waals surface area contributed by atoms with Crippen LogP contribution in [0.2, 0.25) is 0 Å². The predicted molar refractivity (Wildman–Crippen MR) is 71.1 cm³/mol. The Balaban J connectivity index is 1.92. The van der Waals surface area contributed by atoms with E-state index < -0.39 is 0 Å². The highest BCUT2D eigenvalue weighted by molar-refractivity contribution is 4.94. The van der Waals surface area contributed by atoms with Gasteiger partial charge in [-0.05, 0) is 52.6 Å². The molecule has 1 spiro atoms. The van der Waals surface area contributed by atoms with Crippen LogP contribution in [-0.2, 0) is 4.74 Å². The molecule has 0 bridgehead atoms. The fourth-order valence-electron chi connectivity index (χ4n) is 3.52. The summed E-state index contributed by atoms with van der Waals surface area (Å²) in [4.78, 5) is 2.54. The zero-order valence-electron chi connectivity index (χ0n) is 11.5. The summed E-state index contributed by atoms with van der Waals surface area (Å²) >= 11 is 0. The monoisotopic (exact) mass is 240 g/mol. The Hall–Kier alpha value is -0.120. The number of hydrogen-bond acceptors (Lipinski definition) is 3. The van der Waals surface area contributed by atoms with Crippen LogP contribution >= 0.6 is 0 Å². The van der Waals surface area contributed by atoms with Crippen LogP contribution in [0.4, 0.5) is 0 Å². The molecule has 1 heterocycles. The van der Waals surface area contributed by atoms with Gasteiger partial charge in [-0.1, -0.05) is 12.8 Å². The quantitative estimate of drug-likeness (QED) is 0.818. The van der Waals surface area contributed by atoms with Gasteiger partial charge in [-0.2, -0.15) is 0 Å². The SMILES string of the molecule is CC(CCN)N(C)C1CCOC2(CCCC2)C1. The standard InChI is InChI=1S/C14H28N2O/c1-12(5-9-15)16(2)13-6-10-17-14(11-13)7-3-4-8-14/h12-13H,3-11,15H2,1-2H3. The molecule has 2 atom stereocenters. The zero-order valence-corrected chi connectivity index (χ0v) is 11.5. The Morgan fingerprint density at radius 2 is 2.12 bits per heavy atom. The molecule has 0 aromatic rings. The van der Waals surface area contributed by atoms with Crippen molar-refractivity contribution >= 4 is 0 Å². The van der Waals surface area contributed by atoms with E-state index in [9.17, 15) is 0 Å². The van der Waals surface area contributed by atoms with E-state index in [2.05, 4.69) is 18.9 Å². The second kappa shape index (κ2) is 5.68. The maximum absolute atomic E-state index is 6.10. The average Bonchev–Trinajstić information content (AvgIpc) is 2.76. The first-order chi connectivity index (χ1) is 8.17. The lowest BCUT2D eigenvalue weighted by molar-refractivity contribution is -0.103. The van der Waals surface area contributed by atoms with Gasteiger partial charge in [-0.25, -0.2) is 0 Å². The highest BCUT2D eigenvalue weighted by Gasteiger charge is 2.41. The lowest BCUT2D eigenvalue weighted by Crippen LogP contribution is -2.49. The van der Waals surface area contributed by atoms with Gasteiger partial charge >= 0.3 is 0 Å². The van der Waals surface area contributed by atoms with Crippen LogP contribution in [0.25, 0.3) is 0 Å².